The van der Waals surface area contributed by atoms with Crippen molar-refractivity contribution in [1.29, 1.82) is 0 Å². The molecule has 1 fully saturated rings. The maximum atomic E-state index is 11.3. The van der Waals surface area contributed by atoms with E-state index in [4.69, 9.17) is 0 Å². The highest BCUT2D eigenvalue weighted by Gasteiger charge is 2.30. The molecule has 0 bridgehead atoms. The predicted octanol–water partition coefficient (Wildman–Crippen LogP) is 2.15. The fourth-order valence-corrected chi connectivity index (χ4v) is 1.47. The second-order valence-electron chi connectivity index (χ2n) is 3.40. The summed E-state index contributed by atoms with van der Waals surface area (Å²) in [6.45, 7) is 9.17. The number of carbonyl (C=O) groups excluding carboxylic acids is 1. The standard InChI is InChI=1S/C8H15NO.C2H6/c1-6(2)7-4-5-9(3)8(7)10;1-2/h6-7H,4-5H2,1-3H3;1-2H3. The molecule has 0 saturated carbocycles. The molecule has 2 nitrogen and oxygen atoms in total. The molecule has 12 heavy (non-hydrogen) atoms. The molecule has 0 aromatic carbocycles. The normalized spacial score (nSPS) is 22.7. The molecule has 0 aromatic heterocycles. The van der Waals surface area contributed by atoms with E-state index in [0.717, 1.165) is 13.0 Å². The Labute approximate surface area is 75.9 Å². The second-order valence-corrected chi connectivity index (χ2v) is 3.40. The highest BCUT2D eigenvalue weighted by molar-refractivity contribution is 5.80. The molecule has 1 aliphatic heterocycles. The van der Waals surface area contributed by atoms with Crippen LogP contribution in [-0.2, 0) is 4.79 Å². The summed E-state index contributed by atoms with van der Waals surface area (Å²) in [5, 5.41) is 0. The monoisotopic (exact) mass is 171 g/mol. The van der Waals surface area contributed by atoms with Gasteiger partial charge in [0, 0.05) is 19.5 Å². The first-order valence-electron chi connectivity index (χ1n) is 4.88. The summed E-state index contributed by atoms with van der Waals surface area (Å²) in [7, 11) is 1.88. The summed E-state index contributed by atoms with van der Waals surface area (Å²) in [5.74, 6) is 1.14. The second kappa shape index (κ2) is 5.18. The Balaban J connectivity index is 0.000000561. The van der Waals surface area contributed by atoms with Crippen molar-refractivity contribution in [3.05, 3.63) is 0 Å². The highest BCUT2D eigenvalue weighted by Crippen LogP contribution is 2.23. The molecule has 0 radical (unpaired) electrons. The molecule has 1 aliphatic rings. The van der Waals surface area contributed by atoms with Crippen LogP contribution in [0.3, 0.4) is 0 Å². The molecule has 0 aromatic rings. The lowest BCUT2D eigenvalue weighted by Crippen LogP contribution is -2.24. The van der Waals surface area contributed by atoms with Crippen LogP contribution in [0.4, 0.5) is 0 Å². The first-order chi connectivity index (χ1) is 5.63. The Morgan fingerprint density at radius 1 is 1.42 bits per heavy atom. The average Bonchev–Trinajstić information content (AvgIpc) is 2.37. The topological polar surface area (TPSA) is 20.3 Å². The molecule has 0 spiro atoms. The number of rotatable bonds is 1. The third-order valence-electron chi connectivity index (χ3n) is 2.27. The molecule has 1 rings (SSSR count). The molecule has 0 N–H and O–H groups in total. The van der Waals surface area contributed by atoms with Gasteiger partial charge in [0.1, 0.15) is 0 Å². The first-order valence-corrected chi connectivity index (χ1v) is 4.88. The van der Waals surface area contributed by atoms with Crippen molar-refractivity contribution < 1.29 is 4.79 Å². The maximum Gasteiger partial charge on any atom is 0.225 e. The van der Waals surface area contributed by atoms with Crippen LogP contribution in [0.15, 0.2) is 0 Å². The van der Waals surface area contributed by atoms with E-state index in [1.54, 1.807) is 0 Å². The molecule has 1 heterocycles. The van der Waals surface area contributed by atoms with E-state index in [9.17, 15) is 4.79 Å². The van der Waals surface area contributed by atoms with E-state index in [0.29, 0.717) is 17.7 Å². The Bertz CT molecular complexity index is 143. The van der Waals surface area contributed by atoms with E-state index in [1.807, 2.05) is 25.8 Å². The van der Waals surface area contributed by atoms with Gasteiger partial charge >= 0.3 is 0 Å². The summed E-state index contributed by atoms with van der Waals surface area (Å²) in [4.78, 5) is 13.1. The Kier molecular flexibility index (Phi) is 4.95. The van der Waals surface area contributed by atoms with Gasteiger partial charge in [-0.15, -0.1) is 0 Å². The van der Waals surface area contributed by atoms with Crippen LogP contribution in [0.1, 0.15) is 34.1 Å². The molecule has 72 valence electrons. The minimum absolute atomic E-state index is 0.296. The maximum absolute atomic E-state index is 11.3. The van der Waals surface area contributed by atoms with Crippen LogP contribution in [-0.4, -0.2) is 24.4 Å². The van der Waals surface area contributed by atoms with Crippen LogP contribution in [0, 0.1) is 11.8 Å². The van der Waals surface area contributed by atoms with Gasteiger partial charge < -0.3 is 4.90 Å². The largest absolute Gasteiger partial charge is 0.345 e. The smallest absolute Gasteiger partial charge is 0.225 e. The summed E-state index contributed by atoms with van der Waals surface area (Å²) < 4.78 is 0. The third-order valence-corrected chi connectivity index (χ3v) is 2.27. The van der Waals surface area contributed by atoms with E-state index < -0.39 is 0 Å². The van der Waals surface area contributed by atoms with Crippen molar-refractivity contribution in [2.45, 2.75) is 34.1 Å². The zero-order valence-corrected chi connectivity index (χ0v) is 8.92. The fraction of sp³-hybridized carbons (Fsp3) is 0.900. The lowest BCUT2D eigenvalue weighted by atomic mass is 9.95. The van der Waals surface area contributed by atoms with Gasteiger partial charge in [-0.2, -0.15) is 0 Å². The van der Waals surface area contributed by atoms with Gasteiger partial charge in [-0.3, -0.25) is 4.79 Å². The van der Waals surface area contributed by atoms with Crippen molar-refractivity contribution in [2.24, 2.45) is 11.8 Å². The van der Waals surface area contributed by atoms with E-state index >= 15 is 0 Å². The van der Waals surface area contributed by atoms with Gasteiger partial charge in [-0.05, 0) is 12.3 Å². The molecule has 0 aliphatic carbocycles. The van der Waals surface area contributed by atoms with Crippen LogP contribution in [0.25, 0.3) is 0 Å². The average molecular weight is 171 g/mol. The van der Waals surface area contributed by atoms with E-state index in [1.165, 1.54) is 0 Å². The summed E-state index contributed by atoms with van der Waals surface area (Å²) >= 11 is 0. The number of carbonyl (C=O) groups is 1. The van der Waals surface area contributed by atoms with Gasteiger partial charge in [0.05, 0.1) is 0 Å². The highest BCUT2D eigenvalue weighted by atomic mass is 16.2. The van der Waals surface area contributed by atoms with Crippen molar-refractivity contribution in [3.63, 3.8) is 0 Å². The lowest BCUT2D eigenvalue weighted by Gasteiger charge is -2.12. The number of amides is 1. The van der Waals surface area contributed by atoms with Crippen molar-refractivity contribution in [2.75, 3.05) is 13.6 Å². The quantitative estimate of drug-likeness (QED) is 0.592. The minimum Gasteiger partial charge on any atom is -0.345 e. The Hall–Kier alpha value is -0.530. The number of nitrogens with zero attached hydrogens (tertiary/aromatic N) is 1. The van der Waals surface area contributed by atoms with Crippen molar-refractivity contribution >= 4 is 5.91 Å². The lowest BCUT2D eigenvalue weighted by molar-refractivity contribution is -0.130. The van der Waals surface area contributed by atoms with Gasteiger partial charge in [-0.1, -0.05) is 27.7 Å². The fourth-order valence-electron chi connectivity index (χ4n) is 1.47. The molecule has 2 heteroatoms. The van der Waals surface area contributed by atoms with Gasteiger partial charge in [-0.25, -0.2) is 0 Å². The molecular formula is C10H21NO. The minimum atomic E-state index is 0.296. The molecular weight excluding hydrogens is 150 g/mol. The van der Waals surface area contributed by atoms with Crippen molar-refractivity contribution in [1.82, 2.24) is 4.90 Å². The zero-order chi connectivity index (χ0) is 9.72. The van der Waals surface area contributed by atoms with Crippen molar-refractivity contribution in [3.8, 4) is 0 Å². The predicted molar refractivity (Wildman–Crippen MR) is 51.9 cm³/mol. The SMILES string of the molecule is CC.CC(C)C1CCN(C)C1=O. The van der Waals surface area contributed by atoms with Gasteiger partial charge in [0.15, 0.2) is 0 Å². The molecule has 1 atom stereocenters. The van der Waals surface area contributed by atoms with Crippen LogP contribution in [0.5, 0.6) is 0 Å². The summed E-state index contributed by atoms with van der Waals surface area (Å²) in [5.41, 5.74) is 0. The first kappa shape index (κ1) is 11.5. The molecule has 1 unspecified atom stereocenters. The zero-order valence-electron chi connectivity index (χ0n) is 8.92. The Morgan fingerprint density at radius 2 is 1.92 bits per heavy atom. The number of likely N-dealkylation sites (tertiary alicyclic amines) is 1. The summed E-state index contributed by atoms with van der Waals surface area (Å²) in [6.07, 6.45) is 1.05. The van der Waals surface area contributed by atoms with Gasteiger partial charge in [0.2, 0.25) is 5.91 Å². The molecule has 1 saturated heterocycles. The summed E-state index contributed by atoms with van der Waals surface area (Å²) in [6, 6.07) is 0. The van der Waals surface area contributed by atoms with Crippen LogP contribution >= 0.6 is 0 Å². The third kappa shape index (κ3) is 2.50. The van der Waals surface area contributed by atoms with E-state index in [-0.39, 0.29) is 0 Å². The van der Waals surface area contributed by atoms with Gasteiger partial charge in [0.25, 0.3) is 0 Å². The number of hydrogen-bond acceptors (Lipinski definition) is 1. The molecule has 1 amide bonds. The van der Waals surface area contributed by atoms with Crippen LogP contribution in [0.2, 0.25) is 0 Å². The van der Waals surface area contributed by atoms with Crippen LogP contribution < -0.4 is 0 Å². The Morgan fingerprint density at radius 3 is 2.08 bits per heavy atom. The van der Waals surface area contributed by atoms with E-state index in [2.05, 4.69) is 13.8 Å². The number of hydrogen-bond donors (Lipinski definition) is 0.